The number of nitrogens with one attached hydrogen (secondary N) is 5. The predicted molar refractivity (Wildman–Crippen MR) is 464 cm³/mol. The van der Waals surface area contributed by atoms with Crippen molar-refractivity contribution in [1.82, 2.24) is 55.5 Å². The van der Waals surface area contributed by atoms with Crippen LogP contribution < -0.4 is 65.2 Å². The second-order valence-corrected chi connectivity index (χ2v) is 37.0. The van der Waals surface area contributed by atoms with Gasteiger partial charge in [-0.15, -0.1) is 0 Å². The van der Waals surface area contributed by atoms with Crippen LogP contribution in [0.15, 0.2) is 143 Å². The molecular formula is C80H80Cl6N20O6S4. The van der Waals surface area contributed by atoms with Crippen molar-refractivity contribution in [3.63, 3.8) is 0 Å². The van der Waals surface area contributed by atoms with Gasteiger partial charge in [-0.3, -0.25) is 38.9 Å². The van der Waals surface area contributed by atoms with Gasteiger partial charge in [0.05, 0.1) is 113 Å². The van der Waals surface area contributed by atoms with Crippen molar-refractivity contribution >= 4 is 202 Å². The Kier molecular flexibility index (Phi) is 23.4. The Bertz CT molecular complexity index is 5380. The number of fused-ring (bicyclic) bond motifs is 3. The highest BCUT2D eigenvalue weighted by atomic mass is 35.5. The third-order valence-electron chi connectivity index (χ3n) is 22.4. The van der Waals surface area contributed by atoms with Gasteiger partial charge in [0.2, 0.25) is 27.9 Å². The molecule has 3 amide bonds. The van der Waals surface area contributed by atoms with Crippen LogP contribution in [-0.2, 0) is 33.4 Å². The molecule has 26 nitrogen and oxygen atoms in total. The number of halogens is 6. The number of carbonyl (C=O) groups is 3. The van der Waals surface area contributed by atoms with E-state index in [1.54, 1.807) is 87.9 Å². The lowest BCUT2D eigenvalue weighted by Gasteiger charge is -2.34. The first-order valence-corrected chi connectivity index (χ1v) is 45.5. The van der Waals surface area contributed by atoms with Crippen LogP contribution >= 0.6 is 105 Å². The van der Waals surface area contributed by atoms with Crippen molar-refractivity contribution in [3.05, 3.63) is 191 Å². The van der Waals surface area contributed by atoms with E-state index in [1.165, 1.54) is 46.5 Å². The van der Waals surface area contributed by atoms with Crippen molar-refractivity contribution < 1.29 is 27.5 Å². The van der Waals surface area contributed by atoms with E-state index in [9.17, 15) is 22.8 Å². The minimum absolute atomic E-state index is 0.0198. The van der Waals surface area contributed by atoms with Gasteiger partial charge in [-0.25, -0.2) is 43.0 Å². The zero-order valence-electron chi connectivity index (χ0n) is 62.7. The van der Waals surface area contributed by atoms with Gasteiger partial charge in [-0.1, -0.05) is 123 Å². The largest absolute Gasteiger partial charge is 0.378 e. The number of thioether (sulfide) groups is 3. The summed E-state index contributed by atoms with van der Waals surface area (Å²) in [5.74, 6) is 0.916. The molecule has 8 aliphatic heterocycles. The number of ether oxygens (including phenoxy) is 1. The number of hydrogen-bond donors (Lipinski definition) is 5. The molecule has 18 rings (SSSR count). The van der Waals surface area contributed by atoms with E-state index in [0.717, 1.165) is 126 Å². The molecule has 1 saturated carbocycles. The van der Waals surface area contributed by atoms with Crippen molar-refractivity contribution in [2.45, 2.75) is 58.6 Å². The van der Waals surface area contributed by atoms with Crippen LogP contribution in [0.4, 0.5) is 69.0 Å². The summed E-state index contributed by atoms with van der Waals surface area (Å²) in [6.45, 7) is 12.1. The highest BCUT2D eigenvalue weighted by Gasteiger charge is 2.46. The Hall–Kier alpha value is -7.73. The lowest BCUT2D eigenvalue weighted by molar-refractivity contribution is 0.00480. The van der Waals surface area contributed by atoms with Crippen molar-refractivity contribution in [1.29, 1.82) is 0 Å². The summed E-state index contributed by atoms with van der Waals surface area (Å²) in [7, 11) is -3.85. The van der Waals surface area contributed by atoms with Crippen LogP contribution in [0.2, 0.25) is 30.1 Å². The molecule has 36 heteroatoms. The smallest absolute Gasteiger partial charge is 0.263 e. The van der Waals surface area contributed by atoms with Crippen LogP contribution in [0.5, 0.6) is 0 Å². The Morgan fingerprint density at radius 2 is 0.974 bits per heavy atom. The number of anilines is 12. The Balaban J connectivity index is 0.671. The summed E-state index contributed by atoms with van der Waals surface area (Å²) < 4.78 is 36.8. The Labute approximate surface area is 714 Å². The monoisotopic (exact) mass is 1750 g/mol. The second-order valence-electron chi connectivity index (χ2n) is 30.0. The zero-order chi connectivity index (χ0) is 79.5. The fourth-order valence-corrected chi connectivity index (χ4v) is 22.5. The fourth-order valence-electron chi connectivity index (χ4n) is 16.5. The number of hydrogen-bond acceptors (Lipinski definition) is 25. The highest BCUT2D eigenvalue weighted by molar-refractivity contribution is 8.00. The number of amides is 3. The number of carbonyl (C=O) groups excluding carboxylic acids is 3. The lowest BCUT2D eigenvalue weighted by Crippen LogP contribution is -2.49. The molecule has 0 radical (unpaired) electrons. The van der Waals surface area contributed by atoms with Crippen LogP contribution in [0.1, 0.15) is 60.6 Å². The first kappa shape index (κ1) is 79.4. The molecule has 6 fully saturated rings. The number of nitrogens with zero attached hydrogens (tertiary/aromatic N) is 15. The molecule has 116 heavy (non-hydrogen) atoms. The van der Waals surface area contributed by atoms with E-state index >= 15 is 0 Å². The number of sulfonamides is 1. The summed E-state index contributed by atoms with van der Waals surface area (Å²) in [4.78, 5) is 92.1. The number of para-hydroxylation sites is 3. The molecule has 5 N–H and O–H groups in total. The first-order chi connectivity index (χ1) is 56.4. The third-order valence-corrected chi connectivity index (χ3v) is 28.5. The van der Waals surface area contributed by atoms with Crippen molar-refractivity contribution in [2.24, 2.45) is 11.8 Å². The number of benzene rings is 6. The van der Waals surface area contributed by atoms with E-state index < -0.39 is 10.0 Å². The van der Waals surface area contributed by atoms with Gasteiger partial charge < -0.3 is 45.6 Å². The molecule has 0 bridgehead atoms. The molecule has 5 saturated heterocycles. The van der Waals surface area contributed by atoms with Gasteiger partial charge in [0.15, 0.2) is 0 Å². The summed E-state index contributed by atoms with van der Waals surface area (Å²) in [6, 6.07) is 34.3. The number of piperazine rings is 3. The van der Waals surface area contributed by atoms with Crippen molar-refractivity contribution in [2.75, 3.05) is 174 Å². The zero-order valence-corrected chi connectivity index (χ0v) is 70.5. The average Bonchev–Trinajstić information content (AvgIpc) is 1.17. The van der Waals surface area contributed by atoms with Gasteiger partial charge in [-0.2, -0.15) is 0 Å². The minimum atomic E-state index is -3.85. The van der Waals surface area contributed by atoms with Gasteiger partial charge in [0.1, 0.15) is 15.1 Å². The van der Waals surface area contributed by atoms with Gasteiger partial charge in [0, 0.05) is 150 Å². The lowest BCUT2D eigenvalue weighted by atomic mass is 9.96. The molecule has 602 valence electrons. The molecule has 9 aromatic rings. The number of likely N-dealkylation sites (tertiary alicyclic amines) is 1. The van der Waals surface area contributed by atoms with Crippen LogP contribution in [0, 0.1) is 11.8 Å². The summed E-state index contributed by atoms with van der Waals surface area (Å²) in [5, 5.41) is 17.8. The quantitative estimate of drug-likeness (QED) is 0.0373. The number of rotatable bonds is 23. The first-order valence-electron chi connectivity index (χ1n) is 38.6. The maximum atomic E-state index is 14.6. The molecule has 3 unspecified atom stereocenters. The molecule has 1 aliphatic carbocycles. The highest BCUT2D eigenvalue weighted by Crippen LogP contribution is 2.50. The maximum Gasteiger partial charge on any atom is 0.263 e. The Morgan fingerprint density at radius 3 is 1.49 bits per heavy atom. The number of aromatic nitrogens is 6. The minimum Gasteiger partial charge on any atom is -0.378 e. The van der Waals surface area contributed by atoms with E-state index in [0.29, 0.717) is 147 Å². The molecule has 3 atom stereocenters. The van der Waals surface area contributed by atoms with E-state index in [4.69, 9.17) is 99.3 Å². The fraction of sp³-hybridized carbons (Fsp3) is 0.362. The predicted octanol–water partition coefficient (Wildman–Crippen LogP) is 13.3. The SMILES string of the molecule is O=C1c2cnc(Nc3ccc(N4CCNCC4)c(CC4CCN(CN(c5ccc(N6CCNCC6)c(CC6CC6N(c6ccc(N7CCNCC7)c(CS(=O)(=O)NC7COC7)c6)c6ncc7c(n6)SCN(c6c(Cl)cccc6Cl)C7=O)c5)c5ncc6c(n5)SCN(c5c(Cl)cccc5Cl)C6=O)C4)c3)nc2SCN1c1c(Cl)cccc1Cl. The van der Waals surface area contributed by atoms with Gasteiger partial charge in [0.25, 0.3) is 17.7 Å². The maximum absolute atomic E-state index is 14.6. The molecular weight excluding hydrogens is 1680 g/mol. The van der Waals surface area contributed by atoms with E-state index in [2.05, 4.69) is 96.8 Å². The van der Waals surface area contributed by atoms with Crippen molar-refractivity contribution in [3.8, 4) is 0 Å². The van der Waals surface area contributed by atoms with Gasteiger partial charge >= 0.3 is 0 Å². The molecule has 0 spiro atoms. The van der Waals surface area contributed by atoms with Gasteiger partial charge in [-0.05, 0) is 145 Å². The molecule has 6 aromatic carbocycles. The van der Waals surface area contributed by atoms with Crippen LogP contribution in [-0.4, -0.2) is 202 Å². The van der Waals surface area contributed by atoms with E-state index in [1.807, 2.05) is 18.2 Å². The second kappa shape index (κ2) is 34.2. The van der Waals surface area contributed by atoms with Crippen LogP contribution in [0.25, 0.3) is 0 Å². The Morgan fingerprint density at radius 1 is 0.517 bits per heavy atom. The topological polar surface area (TPSA) is 261 Å². The molecule has 9 aliphatic rings. The van der Waals surface area contributed by atoms with Crippen LogP contribution in [0.3, 0.4) is 0 Å². The summed E-state index contributed by atoms with van der Waals surface area (Å²) in [6.07, 6.45) is 7.81. The molecule has 3 aromatic heterocycles. The standard InChI is InChI=1S/C80H80Cl6N20O6S4/c81-59-4-1-5-60(82)69(59)103-44-113-72-56(75(103)107)36-90-78(94-72)93-52-10-13-65(99-24-17-87-18-25-99)48(32-52)30-47-16-23-98(39-47)43-102(79-91-37-57-73(95-79)114-45-104(76(57)108)70-61(83)6-2-7-62(70)84)54-11-14-66(100-26-19-88-20-27-100)49(33-54)31-50-35-68(50)106(80-92-38-58-74(96-80)115-46-105(77(58)109)71-63(85)8-3-9-64(71)86)55-12-15-67(101-28-21-89-22-29-101)51(34-55)42-116(110,111)97-53-40-112-41-53/h1-15,32-34,36-38,47,50,53,68,87-89,97H,16-31,35,39-46H2,(H,90,93,94). The summed E-state index contributed by atoms with van der Waals surface area (Å²) >= 11 is 44.3. The molecule has 11 heterocycles. The summed E-state index contributed by atoms with van der Waals surface area (Å²) in [5.41, 5.74) is 10.8. The normalized spacial score (nSPS) is 19.9. The van der Waals surface area contributed by atoms with E-state index in [-0.39, 0.29) is 65.0 Å². The average molecular weight is 1760 g/mol. The third kappa shape index (κ3) is 16.6.